The largest absolute Gasteiger partial charge is 0.256 e. The summed E-state index contributed by atoms with van der Waals surface area (Å²) in [5.41, 5.74) is 9.84. The molecule has 0 saturated heterocycles. The van der Waals surface area contributed by atoms with Gasteiger partial charge >= 0.3 is 0 Å². The minimum atomic E-state index is -0.358. The van der Waals surface area contributed by atoms with Gasteiger partial charge in [-0.2, -0.15) is 0 Å². The van der Waals surface area contributed by atoms with Gasteiger partial charge in [-0.05, 0) is 84.8 Å². The van der Waals surface area contributed by atoms with Crippen molar-refractivity contribution < 1.29 is 4.39 Å². The smallest absolute Gasteiger partial charge is 0.123 e. The van der Waals surface area contributed by atoms with Crippen LogP contribution in [0.5, 0.6) is 0 Å². The third kappa shape index (κ3) is 3.11. The normalized spacial score (nSPS) is 13.6. The number of hydrogen-bond acceptors (Lipinski definition) is 1. The van der Waals surface area contributed by atoms with E-state index in [0.717, 1.165) is 33.2 Å². The summed E-state index contributed by atoms with van der Waals surface area (Å²) in [6.07, 6.45) is 1.87. The van der Waals surface area contributed by atoms with Crippen LogP contribution in [-0.2, 0) is 5.41 Å². The van der Waals surface area contributed by atoms with Gasteiger partial charge in [-0.15, -0.1) is 0 Å². The van der Waals surface area contributed by atoms with Crippen molar-refractivity contribution in [2.45, 2.75) is 19.3 Å². The molecular formula is C38H26FN. The highest BCUT2D eigenvalue weighted by Crippen LogP contribution is 2.54. The maximum Gasteiger partial charge on any atom is 0.123 e. The summed E-state index contributed by atoms with van der Waals surface area (Å²) < 4.78 is 14.5. The quantitative estimate of drug-likeness (QED) is 0.209. The van der Waals surface area contributed by atoms with E-state index in [-0.39, 0.29) is 11.2 Å². The summed E-state index contributed by atoms with van der Waals surface area (Å²) in [5, 5.41) is 5.99. The molecule has 7 aromatic rings. The van der Waals surface area contributed by atoms with Crippen molar-refractivity contribution in [3.63, 3.8) is 0 Å². The summed E-state index contributed by atoms with van der Waals surface area (Å²) in [6, 6.07) is 39.9. The van der Waals surface area contributed by atoms with Crippen molar-refractivity contribution >= 4 is 32.4 Å². The molecule has 0 saturated carbocycles. The molecule has 0 unspecified atom stereocenters. The predicted molar refractivity (Wildman–Crippen MR) is 165 cm³/mol. The lowest BCUT2D eigenvalue weighted by Crippen LogP contribution is -2.15. The first-order valence-corrected chi connectivity index (χ1v) is 13.8. The first kappa shape index (κ1) is 23.1. The van der Waals surface area contributed by atoms with E-state index >= 15 is 0 Å². The lowest BCUT2D eigenvalue weighted by molar-refractivity contribution is 0.609. The van der Waals surface area contributed by atoms with Crippen LogP contribution < -0.4 is 0 Å². The van der Waals surface area contributed by atoms with Crippen molar-refractivity contribution in [1.82, 2.24) is 4.98 Å². The fourth-order valence-corrected chi connectivity index (χ4v) is 6.95. The second kappa shape index (κ2) is 8.34. The number of benzene rings is 6. The number of pyridine rings is 1. The number of nitrogens with zero attached hydrogens (tertiary/aromatic N) is 1. The van der Waals surface area contributed by atoms with Gasteiger partial charge in [-0.3, -0.25) is 4.98 Å². The second-order valence-electron chi connectivity index (χ2n) is 11.3. The average molecular weight is 516 g/mol. The molecule has 6 aromatic carbocycles. The van der Waals surface area contributed by atoms with Gasteiger partial charge in [0.2, 0.25) is 0 Å². The highest BCUT2D eigenvalue weighted by molar-refractivity contribution is 6.24. The van der Waals surface area contributed by atoms with Crippen LogP contribution in [0.3, 0.4) is 0 Å². The molecule has 190 valence electrons. The molecule has 8 rings (SSSR count). The number of fused-ring (bicyclic) bond motifs is 7. The summed E-state index contributed by atoms with van der Waals surface area (Å²) in [4.78, 5) is 4.96. The van der Waals surface area contributed by atoms with Crippen molar-refractivity contribution in [3.05, 3.63) is 138 Å². The molecule has 0 radical (unpaired) electrons. The molecule has 0 atom stereocenters. The van der Waals surface area contributed by atoms with Crippen molar-refractivity contribution in [2.75, 3.05) is 0 Å². The third-order valence-corrected chi connectivity index (χ3v) is 8.75. The van der Waals surface area contributed by atoms with Crippen molar-refractivity contribution in [2.24, 2.45) is 0 Å². The van der Waals surface area contributed by atoms with Gasteiger partial charge in [-0.1, -0.05) is 105 Å². The van der Waals surface area contributed by atoms with Gasteiger partial charge in [-0.25, -0.2) is 4.39 Å². The number of halogens is 1. The molecule has 1 aliphatic rings. The van der Waals surface area contributed by atoms with Gasteiger partial charge in [0.25, 0.3) is 0 Å². The van der Waals surface area contributed by atoms with Gasteiger partial charge in [0.05, 0.1) is 5.52 Å². The van der Waals surface area contributed by atoms with Gasteiger partial charge in [0.15, 0.2) is 0 Å². The van der Waals surface area contributed by atoms with E-state index < -0.39 is 0 Å². The number of rotatable bonds is 2. The molecule has 1 heterocycles. The Labute approximate surface area is 232 Å². The SMILES string of the molecule is CC1(C)c2cc(F)ccc2-c2c1cc(-c1c3ccccc3c(-c3ccccc3)c3ccccc13)c1cccnc21. The van der Waals surface area contributed by atoms with E-state index in [1.54, 1.807) is 12.1 Å². The van der Waals surface area contributed by atoms with Crippen molar-refractivity contribution in [1.29, 1.82) is 0 Å². The monoisotopic (exact) mass is 515 g/mol. The predicted octanol–water partition coefficient (Wildman–Crippen LogP) is 10.3. The molecule has 0 aliphatic heterocycles. The van der Waals surface area contributed by atoms with Crippen LogP contribution in [0.15, 0.2) is 121 Å². The maximum atomic E-state index is 14.5. The zero-order valence-corrected chi connectivity index (χ0v) is 22.4. The van der Waals surface area contributed by atoms with E-state index in [1.165, 1.54) is 43.8 Å². The Hall–Kier alpha value is -4.82. The van der Waals surface area contributed by atoms with Crippen LogP contribution in [0.4, 0.5) is 4.39 Å². The molecule has 0 fully saturated rings. The molecule has 0 spiro atoms. The Morgan fingerprint density at radius 2 is 1.12 bits per heavy atom. The van der Waals surface area contributed by atoms with E-state index in [4.69, 9.17) is 4.98 Å². The fraction of sp³-hybridized carbons (Fsp3) is 0.0789. The Balaban J connectivity index is 1.56. The average Bonchev–Trinajstić information content (AvgIpc) is 3.21. The fourth-order valence-electron chi connectivity index (χ4n) is 6.95. The first-order chi connectivity index (χ1) is 19.5. The van der Waals surface area contributed by atoms with Crippen LogP contribution in [0.2, 0.25) is 0 Å². The first-order valence-electron chi connectivity index (χ1n) is 13.8. The zero-order valence-electron chi connectivity index (χ0n) is 22.4. The molecule has 2 heteroatoms. The number of hydrogen-bond donors (Lipinski definition) is 0. The Morgan fingerprint density at radius 1 is 0.525 bits per heavy atom. The molecular weight excluding hydrogens is 489 g/mol. The molecule has 40 heavy (non-hydrogen) atoms. The maximum absolute atomic E-state index is 14.5. The Morgan fingerprint density at radius 3 is 1.80 bits per heavy atom. The summed E-state index contributed by atoms with van der Waals surface area (Å²) in [5.74, 6) is -0.203. The topological polar surface area (TPSA) is 12.9 Å². The Kier molecular flexibility index (Phi) is 4.82. The van der Waals surface area contributed by atoms with E-state index in [2.05, 4.69) is 105 Å². The van der Waals surface area contributed by atoms with Crippen LogP contribution in [0, 0.1) is 5.82 Å². The third-order valence-electron chi connectivity index (χ3n) is 8.75. The van der Waals surface area contributed by atoms with Crippen molar-refractivity contribution in [3.8, 4) is 33.4 Å². The van der Waals surface area contributed by atoms with Gasteiger partial charge in [0.1, 0.15) is 5.82 Å². The van der Waals surface area contributed by atoms with E-state index in [1.807, 2.05) is 18.3 Å². The second-order valence-corrected chi connectivity index (χ2v) is 11.3. The minimum Gasteiger partial charge on any atom is -0.256 e. The molecule has 1 aliphatic carbocycles. The van der Waals surface area contributed by atoms with E-state index in [0.29, 0.717) is 0 Å². The highest BCUT2D eigenvalue weighted by Gasteiger charge is 2.38. The lowest BCUT2D eigenvalue weighted by atomic mass is 9.79. The van der Waals surface area contributed by atoms with E-state index in [9.17, 15) is 4.39 Å². The van der Waals surface area contributed by atoms with Crippen LogP contribution in [-0.4, -0.2) is 4.98 Å². The van der Waals surface area contributed by atoms with Crippen LogP contribution >= 0.6 is 0 Å². The standard InChI is InChI=1S/C38H26FN/c1-38(2)32-21-24(39)18-19-30(32)36-33(38)22-31(29-17-10-20-40-37(29)36)35-27-15-8-6-13-25(27)34(23-11-4-3-5-12-23)26-14-7-9-16-28(26)35/h3-22H,1-2H3. The van der Waals surface area contributed by atoms with Gasteiger partial charge in [0, 0.05) is 22.6 Å². The lowest BCUT2D eigenvalue weighted by Gasteiger charge is -2.24. The number of aromatic nitrogens is 1. The molecule has 1 aromatic heterocycles. The molecule has 0 amide bonds. The molecule has 0 bridgehead atoms. The highest BCUT2D eigenvalue weighted by atomic mass is 19.1. The Bertz CT molecular complexity index is 2080. The van der Waals surface area contributed by atoms with Gasteiger partial charge < -0.3 is 0 Å². The molecule has 0 N–H and O–H groups in total. The molecule has 1 nitrogen and oxygen atoms in total. The summed E-state index contributed by atoms with van der Waals surface area (Å²) >= 11 is 0. The summed E-state index contributed by atoms with van der Waals surface area (Å²) in [7, 11) is 0. The summed E-state index contributed by atoms with van der Waals surface area (Å²) in [6.45, 7) is 4.40. The zero-order chi connectivity index (χ0) is 27.0. The minimum absolute atomic E-state index is 0.203. The van der Waals surface area contributed by atoms with Crippen LogP contribution in [0.25, 0.3) is 65.8 Å². The van der Waals surface area contributed by atoms with Crippen LogP contribution in [0.1, 0.15) is 25.0 Å².